The number of hydrogen-bond acceptors (Lipinski definition) is 3. The molecule has 5 heteroatoms. The molecule has 1 heterocycles. The van der Waals surface area contributed by atoms with Crippen LogP contribution in [-0.2, 0) is 13.5 Å². The summed E-state index contributed by atoms with van der Waals surface area (Å²) in [5.41, 5.74) is 8.29. The lowest BCUT2D eigenvalue weighted by Gasteiger charge is -2.11. The third-order valence-electron chi connectivity index (χ3n) is 2.41. The van der Waals surface area contributed by atoms with Crippen LogP contribution < -0.4 is 5.73 Å². The molecule has 3 nitrogen and oxygen atoms in total. The largest absolute Gasteiger partial charge is 0.327 e. The average molecular weight is 292 g/mol. The normalized spacial score (nSPS) is 13.1. The summed E-state index contributed by atoms with van der Waals surface area (Å²) in [6.07, 6.45) is 4.05. The number of thioether (sulfide) groups is 1. The molecule has 86 valence electrons. The maximum absolute atomic E-state index is 6.06. The maximum atomic E-state index is 6.06. The minimum atomic E-state index is 0.226. The summed E-state index contributed by atoms with van der Waals surface area (Å²) in [6.45, 7) is 2.00. The molecule has 2 N–H and O–H groups in total. The van der Waals surface area contributed by atoms with E-state index in [0.717, 1.165) is 28.8 Å². The van der Waals surface area contributed by atoms with Crippen molar-refractivity contribution in [2.24, 2.45) is 12.8 Å². The van der Waals surface area contributed by atoms with E-state index in [9.17, 15) is 0 Å². The zero-order chi connectivity index (χ0) is 11.4. The first-order valence-electron chi connectivity index (χ1n) is 4.98. The molecule has 0 spiro atoms. The van der Waals surface area contributed by atoms with Gasteiger partial charge in [-0.2, -0.15) is 16.9 Å². The first kappa shape index (κ1) is 13.1. The molecule has 1 aromatic heterocycles. The Kier molecular flexibility index (Phi) is 5.15. The smallest absolute Gasteiger partial charge is 0.0738 e. The fourth-order valence-electron chi connectivity index (χ4n) is 1.52. The number of nitrogens with two attached hydrogens (primary N) is 1. The van der Waals surface area contributed by atoms with E-state index in [1.54, 1.807) is 0 Å². The van der Waals surface area contributed by atoms with Gasteiger partial charge >= 0.3 is 0 Å². The third-order valence-corrected chi connectivity index (χ3v) is 4.09. The van der Waals surface area contributed by atoms with Crippen LogP contribution in [0, 0.1) is 6.92 Å². The fourth-order valence-corrected chi connectivity index (χ4v) is 2.56. The topological polar surface area (TPSA) is 43.8 Å². The van der Waals surface area contributed by atoms with Crippen LogP contribution >= 0.6 is 27.7 Å². The molecule has 0 aliphatic rings. The number of halogens is 1. The second-order valence-corrected chi connectivity index (χ2v) is 5.49. The Bertz CT molecular complexity index is 325. The van der Waals surface area contributed by atoms with Crippen LogP contribution in [0.3, 0.4) is 0 Å². The molecule has 15 heavy (non-hydrogen) atoms. The van der Waals surface area contributed by atoms with Gasteiger partial charge in [-0.1, -0.05) is 0 Å². The molecule has 0 amide bonds. The Hall–Kier alpha value is 0. The van der Waals surface area contributed by atoms with E-state index in [2.05, 4.69) is 27.3 Å². The lowest BCUT2D eigenvalue weighted by atomic mass is 10.1. The summed E-state index contributed by atoms with van der Waals surface area (Å²) < 4.78 is 3.02. The van der Waals surface area contributed by atoms with Gasteiger partial charge in [-0.05, 0) is 41.3 Å². The van der Waals surface area contributed by atoms with Crippen molar-refractivity contribution in [2.75, 3.05) is 12.0 Å². The second kappa shape index (κ2) is 5.92. The summed E-state index contributed by atoms with van der Waals surface area (Å²) >= 11 is 5.39. The van der Waals surface area contributed by atoms with E-state index < -0.39 is 0 Å². The SMILES string of the molecule is CSCCC(N)Cc1c(Br)c(C)nn1C. The Morgan fingerprint density at radius 2 is 2.27 bits per heavy atom. The molecule has 1 rings (SSSR count). The molecule has 0 bridgehead atoms. The summed E-state index contributed by atoms with van der Waals surface area (Å²) in [5, 5.41) is 4.35. The predicted molar refractivity (Wildman–Crippen MR) is 70.3 cm³/mol. The molecule has 0 saturated carbocycles. The molecule has 0 radical (unpaired) electrons. The Morgan fingerprint density at radius 1 is 1.60 bits per heavy atom. The van der Waals surface area contributed by atoms with E-state index in [0.29, 0.717) is 0 Å². The zero-order valence-corrected chi connectivity index (χ0v) is 11.9. The Labute approximate surface area is 104 Å². The van der Waals surface area contributed by atoms with E-state index >= 15 is 0 Å². The highest BCUT2D eigenvalue weighted by Crippen LogP contribution is 2.21. The minimum absolute atomic E-state index is 0.226. The van der Waals surface area contributed by atoms with E-state index in [1.165, 1.54) is 5.69 Å². The summed E-state index contributed by atoms with van der Waals surface area (Å²) in [6, 6.07) is 0.226. The van der Waals surface area contributed by atoms with Gasteiger partial charge in [0.1, 0.15) is 0 Å². The molecule has 0 saturated heterocycles. The van der Waals surface area contributed by atoms with Crippen LogP contribution in [0.1, 0.15) is 17.8 Å². The highest BCUT2D eigenvalue weighted by Gasteiger charge is 2.13. The van der Waals surface area contributed by atoms with Crippen molar-refractivity contribution in [3.8, 4) is 0 Å². The number of hydrogen-bond donors (Lipinski definition) is 1. The van der Waals surface area contributed by atoms with Gasteiger partial charge in [0.2, 0.25) is 0 Å². The molecule has 0 aliphatic carbocycles. The summed E-state index contributed by atoms with van der Waals surface area (Å²) in [5.74, 6) is 1.12. The van der Waals surface area contributed by atoms with Crippen molar-refractivity contribution in [1.82, 2.24) is 9.78 Å². The lowest BCUT2D eigenvalue weighted by molar-refractivity contribution is 0.603. The minimum Gasteiger partial charge on any atom is -0.327 e. The van der Waals surface area contributed by atoms with Crippen LogP contribution in [0.4, 0.5) is 0 Å². The number of aromatic nitrogens is 2. The van der Waals surface area contributed by atoms with Gasteiger partial charge < -0.3 is 5.73 Å². The van der Waals surface area contributed by atoms with Gasteiger partial charge in [-0.3, -0.25) is 4.68 Å². The number of nitrogens with zero attached hydrogens (tertiary/aromatic N) is 2. The number of rotatable bonds is 5. The van der Waals surface area contributed by atoms with Crippen molar-refractivity contribution in [3.05, 3.63) is 15.9 Å². The second-order valence-electron chi connectivity index (χ2n) is 3.72. The molecule has 1 atom stereocenters. The first-order valence-corrected chi connectivity index (χ1v) is 7.17. The van der Waals surface area contributed by atoms with Crippen molar-refractivity contribution < 1.29 is 0 Å². The summed E-state index contributed by atoms with van der Waals surface area (Å²) in [4.78, 5) is 0. The summed E-state index contributed by atoms with van der Waals surface area (Å²) in [7, 11) is 1.97. The van der Waals surface area contributed by atoms with Crippen molar-refractivity contribution >= 4 is 27.7 Å². The highest BCUT2D eigenvalue weighted by molar-refractivity contribution is 9.10. The van der Waals surface area contributed by atoms with Crippen LogP contribution in [0.25, 0.3) is 0 Å². The quantitative estimate of drug-likeness (QED) is 0.904. The molecule has 0 aliphatic heterocycles. The van der Waals surface area contributed by atoms with Crippen LogP contribution in [0.15, 0.2) is 4.47 Å². The molecule has 0 aromatic carbocycles. The molecule has 1 aromatic rings. The molecule has 1 unspecified atom stereocenters. The molecular formula is C10H18BrN3S. The Morgan fingerprint density at radius 3 is 2.73 bits per heavy atom. The van der Waals surface area contributed by atoms with Gasteiger partial charge in [0.15, 0.2) is 0 Å². The Balaban J connectivity index is 2.63. The third kappa shape index (κ3) is 3.50. The van der Waals surface area contributed by atoms with Crippen molar-refractivity contribution in [2.45, 2.75) is 25.8 Å². The van der Waals surface area contributed by atoms with Gasteiger partial charge in [0, 0.05) is 19.5 Å². The van der Waals surface area contributed by atoms with Crippen LogP contribution in [0.2, 0.25) is 0 Å². The first-order chi connectivity index (χ1) is 7.06. The monoisotopic (exact) mass is 291 g/mol. The molecule has 0 fully saturated rings. The number of aryl methyl sites for hydroxylation is 2. The predicted octanol–water partition coefficient (Wildman–Crippen LogP) is 2.11. The van der Waals surface area contributed by atoms with Crippen molar-refractivity contribution in [3.63, 3.8) is 0 Å². The van der Waals surface area contributed by atoms with Gasteiger partial charge in [-0.15, -0.1) is 0 Å². The van der Waals surface area contributed by atoms with Crippen LogP contribution in [-0.4, -0.2) is 27.8 Å². The van der Waals surface area contributed by atoms with Crippen LogP contribution in [0.5, 0.6) is 0 Å². The zero-order valence-electron chi connectivity index (χ0n) is 9.46. The van der Waals surface area contributed by atoms with Crippen molar-refractivity contribution in [1.29, 1.82) is 0 Å². The van der Waals surface area contributed by atoms with Gasteiger partial charge in [0.25, 0.3) is 0 Å². The lowest BCUT2D eigenvalue weighted by Crippen LogP contribution is -2.24. The van der Waals surface area contributed by atoms with E-state index in [1.807, 2.05) is 30.4 Å². The maximum Gasteiger partial charge on any atom is 0.0738 e. The van der Waals surface area contributed by atoms with Gasteiger partial charge in [-0.25, -0.2) is 0 Å². The van der Waals surface area contributed by atoms with Gasteiger partial charge in [0.05, 0.1) is 15.9 Å². The highest BCUT2D eigenvalue weighted by atomic mass is 79.9. The van der Waals surface area contributed by atoms with E-state index in [-0.39, 0.29) is 6.04 Å². The standard InChI is InChI=1S/C10H18BrN3S/c1-7-10(11)9(14(2)13-7)6-8(12)4-5-15-3/h8H,4-6,12H2,1-3H3. The fraction of sp³-hybridized carbons (Fsp3) is 0.700. The average Bonchev–Trinajstić information content (AvgIpc) is 2.42. The molecular weight excluding hydrogens is 274 g/mol. The van der Waals surface area contributed by atoms with E-state index in [4.69, 9.17) is 5.73 Å².